The minimum absolute atomic E-state index is 0.0444. The Labute approximate surface area is 182 Å². The first kappa shape index (κ1) is 24.1. The summed E-state index contributed by atoms with van der Waals surface area (Å²) in [6.45, 7) is 13.2. The van der Waals surface area contributed by atoms with Gasteiger partial charge >= 0.3 is 0 Å². The van der Waals surface area contributed by atoms with Crippen molar-refractivity contribution in [1.82, 2.24) is 4.98 Å². The van der Waals surface area contributed by atoms with Gasteiger partial charge in [0.25, 0.3) is 0 Å². The number of halogens is 2. The molecule has 1 aromatic rings. The van der Waals surface area contributed by atoms with Crippen LogP contribution in [-0.4, -0.2) is 25.0 Å². The summed E-state index contributed by atoms with van der Waals surface area (Å²) in [6, 6.07) is 3.34. The van der Waals surface area contributed by atoms with Crippen LogP contribution in [0.15, 0.2) is 12.4 Å². The van der Waals surface area contributed by atoms with Crippen LogP contribution in [0.1, 0.15) is 78.9 Å². The van der Waals surface area contributed by atoms with Crippen LogP contribution in [0.5, 0.6) is 0 Å². The second-order valence-electron chi connectivity index (χ2n) is 9.13. The molecule has 0 saturated heterocycles. The summed E-state index contributed by atoms with van der Waals surface area (Å²) in [5, 5.41) is 1.23. The van der Waals surface area contributed by atoms with Crippen LogP contribution in [0.25, 0.3) is 0 Å². The van der Waals surface area contributed by atoms with E-state index in [1.54, 1.807) is 12.4 Å². The lowest BCUT2D eigenvalue weighted by atomic mass is 9.78. The molecule has 0 amide bonds. The highest BCUT2D eigenvalue weighted by molar-refractivity contribution is 6.73. The summed E-state index contributed by atoms with van der Waals surface area (Å²) in [5.41, 5.74) is 0.862. The maximum absolute atomic E-state index is 6.87. The number of pyridine rings is 1. The second-order valence-corrected chi connectivity index (χ2v) is 14.7. The first-order valence-electron chi connectivity index (χ1n) is 10.8. The Kier molecular flexibility index (Phi) is 8.84. The van der Waals surface area contributed by atoms with E-state index in [0.29, 0.717) is 22.1 Å². The molecule has 2 rings (SSSR count). The summed E-state index contributed by atoms with van der Waals surface area (Å²) < 4.78 is 13.0. The molecule has 1 saturated carbocycles. The fraction of sp³-hybridized carbons (Fsp3) is 0.773. The van der Waals surface area contributed by atoms with E-state index < -0.39 is 8.32 Å². The van der Waals surface area contributed by atoms with Crippen LogP contribution >= 0.6 is 23.2 Å². The maximum atomic E-state index is 6.87. The van der Waals surface area contributed by atoms with Gasteiger partial charge in [0.15, 0.2) is 8.32 Å². The van der Waals surface area contributed by atoms with Crippen LogP contribution in [0.3, 0.4) is 0 Å². The molecule has 1 atom stereocenters. The van der Waals surface area contributed by atoms with E-state index in [-0.39, 0.29) is 11.7 Å². The van der Waals surface area contributed by atoms with E-state index >= 15 is 0 Å². The zero-order valence-corrected chi connectivity index (χ0v) is 20.9. The van der Waals surface area contributed by atoms with Crippen molar-refractivity contribution in [3.05, 3.63) is 28.0 Å². The average molecular weight is 447 g/mol. The SMILES string of the molecule is CC[Si](CC)(CC)OC(CCC1CC(OC(C)(C)C)C1)c1c(Cl)cncc1Cl. The lowest BCUT2D eigenvalue weighted by molar-refractivity contribution is -0.113. The molecule has 0 aromatic carbocycles. The standard InChI is InChI=1S/C22H37Cl2NO2Si/c1-7-28(8-2,9-3)27-20(21-18(23)14-25-15-19(21)24)11-10-16-12-17(13-16)26-22(4,5)6/h14-17,20H,7-13H2,1-6H3. The van der Waals surface area contributed by atoms with Crippen LogP contribution in [0.4, 0.5) is 0 Å². The molecule has 1 unspecified atom stereocenters. The predicted octanol–water partition coefficient (Wildman–Crippen LogP) is 7.83. The molecule has 1 fully saturated rings. The molecule has 1 aliphatic rings. The summed E-state index contributed by atoms with van der Waals surface area (Å²) in [6.07, 6.45) is 8.06. The monoisotopic (exact) mass is 445 g/mol. The van der Waals surface area contributed by atoms with Gasteiger partial charge in [-0.1, -0.05) is 44.0 Å². The van der Waals surface area contributed by atoms with Crippen molar-refractivity contribution in [3.63, 3.8) is 0 Å². The first-order valence-corrected chi connectivity index (χ1v) is 14.1. The summed E-state index contributed by atoms with van der Waals surface area (Å²) in [4.78, 5) is 4.13. The van der Waals surface area contributed by atoms with Gasteiger partial charge in [-0.15, -0.1) is 0 Å². The molecule has 1 aromatic heterocycles. The molecule has 0 N–H and O–H groups in total. The van der Waals surface area contributed by atoms with E-state index in [0.717, 1.165) is 49.4 Å². The van der Waals surface area contributed by atoms with Crippen molar-refractivity contribution in [3.8, 4) is 0 Å². The minimum atomic E-state index is -1.78. The normalized spacial score (nSPS) is 21.4. The number of nitrogens with zero attached hydrogens (tertiary/aromatic N) is 1. The van der Waals surface area contributed by atoms with Crippen molar-refractivity contribution in [2.75, 3.05) is 0 Å². The number of hydrogen-bond acceptors (Lipinski definition) is 3. The molecule has 0 aliphatic heterocycles. The Balaban J connectivity index is 2.08. The van der Waals surface area contributed by atoms with Gasteiger partial charge in [-0.05, 0) is 70.5 Å². The van der Waals surface area contributed by atoms with E-state index in [4.69, 9.17) is 32.4 Å². The number of aromatic nitrogens is 1. The summed E-state index contributed by atoms with van der Waals surface area (Å²) in [5.74, 6) is 0.693. The molecular formula is C22H37Cl2NO2Si. The van der Waals surface area contributed by atoms with E-state index in [2.05, 4.69) is 46.5 Å². The topological polar surface area (TPSA) is 31.4 Å². The fourth-order valence-electron chi connectivity index (χ4n) is 4.19. The Morgan fingerprint density at radius 2 is 1.61 bits per heavy atom. The van der Waals surface area contributed by atoms with Gasteiger partial charge < -0.3 is 9.16 Å². The fourth-order valence-corrected chi connectivity index (χ4v) is 7.63. The average Bonchev–Trinajstić information content (AvgIpc) is 2.59. The molecule has 160 valence electrons. The number of hydrogen-bond donors (Lipinski definition) is 0. The van der Waals surface area contributed by atoms with Crippen LogP contribution < -0.4 is 0 Å². The van der Waals surface area contributed by atoms with Gasteiger partial charge in [0.05, 0.1) is 27.9 Å². The van der Waals surface area contributed by atoms with Gasteiger partial charge in [-0.3, -0.25) is 4.98 Å². The highest BCUT2D eigenvalue weighted by Gasteiger charge is 2.36. The zero-order chi connectivity index (χ0) is 20.9. The number of ether oxygens (including phenoxy) is 1. The Hall–Kier alpha value is -0.133. The molecule has 0 bridgehead atoms. The van der Waals surface area contributed by atoms with E-state index in [1.165, 1.54) is 0 Å². The molecule has 1 heterocycles. The lowest BCUT2D eigenvalue weighted by Crippen LogP contribution is -2.39. The first-order chi connectivity index (χ1) is 13.1. The molecule has 1 aliphatic carbocycles. The number of rotatable bonds is 10. The van der Waals surface area contributed by atoms with Crippen molar-refractivity contribution in [1.29, 1.82) is 0 Å². The molecule has 0 radical (unpaired) electrons. The van der Waals surface area contributed by atoms with E-state index in [9.17, 15) is 0 Å². The predicted molar refractivity (Wildman–Crippen MR) is 122 cm³/mol. The third-order valence-corrected chi connectivity index (χ3v) is 11.3. The maximum Gasteiger partial charge on any atom is 0.192 e. The van der Waals surface area contributed by atoms with Gasteiger partial charge in [0, 0.05) is 18.0 Å². The van der Waals surface area contributed by atoms with Gasteiger partial charge in [-0.2, -0.15) is 0 Å². The van der Waals surface area contributed by atoms with Crippen LogP contribution in [-0.2, 0) is 9.16 Å². The lowest BCUT2D eigenvalue weighted by Gasteiger charge is -2.40. The zero-order valence-electron chi connectivity index (χ0n) is 18.4. The highest BCUT2D eigenvalue weighted by atomic mass is 35.5. The summed E-state index contributed by atoms with van der Waals surface area (Å²) in [7, 11) is -1.78. The third kappa shape index (κ3) is 6.43. The highest BCUT2D eigenvalue weighted by Crippen LogP contribution is 2.42. The van der Waals surface area contributed by atoms with Crippen LogP contribution in [0, 0.1) is 5.92 Å². The van der Waals surface area contributed by atoms with Gasteiger partial charge in [0.1, 0.15) is 0 Å². The van der Waals surface area contributed by atoms with Crippen molar-refractivity contribution >= 4 is 31.5 Å². The van der Waals surface area contributed by atoms with Crippen molar-refractivity contribution in [2.24, 2.45) is 5.92 Å². The molecule has 3 nitrogen and oxygen atoms in total. The van der Waals surface area contributed by atoms with Gasteiger partial charge in [0.2, 0.25) is 0 Å². The minimum Gasteiger partial charge on any atom is -0.410 e. The Morgan fingerprint density at radius 1 is 1.07 bits per heavy atom. The third-order valence-electron chi connectivity index (χ3n) is 6.09. The van der Waals surface area contributed by atoms with Crippen molar-refractivity contribution < 1.29 is 9.16 Å². The second kappa shape index (κ2) is 10.3. The van der Waals surface area contributed by atoms with E-state index in [1.807, 2.05) is 0 Å². The molecule has 0 spiro atoms. The molecule has 28 heavy (non-hydrogen) atoms. The smallest absolute Gasteiger partial charge is 0.192 e. The Morgan fingerprint density at radius 3 is 2.07 bits per heavy atom. The Bertz CT molecular complexity index is 597. The van der Waals surface area contributed by atoms with Gasteiger partial charge in [-0.25, -0.2) is 0 Å². The largest absolute Gasteiger partial charge is 0.410 e. The molecule has 6 heteroatoms. The molecular weight excluding hydrogens is 409 g/mol. The van der Waals surface area contributed by atoms with Crippen LogP contribution in [0.2, 0.25) is 28.2 Å². The quantitative estimate of drug-likeness (QED) is 0.343. The summed E-state index contributed by atoms with van der Waals surface area (Å²) >= 11 is 13.0. The van der Waals surface area contributed by atoms with Crippen molar-refractivity contribution in [2.45, 2.75) is 103 Å².